The normalized spacial score (nSPS) is 11.5. The number of nitrogens with zero attached hydrogens (tertiary/aromatic N) is 2. The fourth-order valence-electron chi connectivity index (χ4n) is 3.02. The molecule has 0 unspecified atom stereocenters. The summed E-state index contributed by atoms with van der Waals surface area (Å²) < 4.78 is 15.6. The van der Waals surface area contributed by atoms with E-state index in [1.807, 2.05) is 22.1 Å². The van der Waals surface area contributed by atoms with Gasteiger partial charge < -0.3 is 20.3 Å². The number of carbonyl (C=O) groups is 1. The van der Waals surface area contributed by atoms with Crippen LogP contribution in [0.5, 0.6) is 0 Å². The van der Waals surface area contributed by atoms with Crippen LogP contribution in [0.2, 0.25) is 0 Å². The van der Waals surface area contributed by atoms with Gasteiger partial charge >= 0.3 is 6.03 Å². The fraction of sp³-hybridized carbons (Fsp3) is 0.273. The van der Waals surface area contributed by atoms with Gasteiger partial charge in [-0.1, -0.05) is 30.3 Å². The number of nitrogens with one attached hydrogen (secondary N) is 2. The molecule has 0 aliphatic heterocycles. The Kier molecular flexibility index (Phi) is 7.75. The summed E-state index contributed by atoms with van der Waals surface area (Å²) in [6.07, 6.45) is 1.57. The van der Waals surface area contributed by atoms with E-state index >= 15 is 0 Å². The molecular weight excluding hydrogens is 403 g/mol. The number of hydrogen-bond acceptors (Lipinski definition) is 4. The fourth-order valence-corrected chi connectivity index (χ4v) is 3.97. The van der Waals surface area contributed by atoms with Gasteiger partial charge in [-0.15, -0.1) is 11.3 Å². The standard InChI is InChI=1S/C22H25FN4O2S/c1-24-21(29)25-11-12-27-20(17-9-7-16(8-10-17)4-3-13-28)15-30-22(27)26-19-6-2-5-18(23)14-19/h2,5-10,14-15,28H,3-4,11-13H2,1H3,(H2,24,25,29). The molecule has 0 aliphatic carbocycles. The molecule has 0 spiro atoms. The molecular formula is C22H25FN4O2S. The van der Waals surface area contributed by atoms with E-state index in [1.165, 1.54) is 29.0 Å². The molecule has 0 aliphatic rings. The third kappa shape index (κ3) is 5.77. The van der Waals surface area contributed by atoms with Crippen molar-refractivity contribution in [1.82, 2.24) is 15.2 Å². The molecule has 0 saturated carbocycles. The SMILES string of the molecule is CNC(=O)NCCn1c(-c2ccc(CCCO)cc2)csc1=Nc1cccc(F)c1. The van der Waals surface area contributed by atoms with Gasteiger partial charge in [0.2, 0.25) is 0 Å². The number of halogens is 1. The number of aromatic nitrogens is 1. The highest BCUT2D eigenvalue weighted by Gasteiger charge is 2.09. The maximum Gasteiger partial charge on any atom is 0.314 e. The molecule has 1 heterocycles. The predicted molar refractivity (Wildman–Crippen MR) is 117 cm³/mol. The summed E-state index contributed by atoms with van der Waals surface area (Å²) in [6.45, 7) is 1.12. The van der Waals surface area contributed by atoms with Crippen LogP contribution < -0.4 is 15.4 Å². The lowest BCUT2D eigenvalue weighted by Gasteiger charge is -2.11. The quantitative estimate of drug-likeness (QED) is 0.514. The second-order valence-corrected chi connectivity index (χ2v) is 7.51. The second-order valence-electron chi connectivity index (χ2n) is 6.68. The molecule has 0 saturated heterocycles. The average Bonchev–Trinajstić information content (AvgIpc) is 3.14. The monoisotopic (exact) mass is 428 g/mol. The summed E-state index contributed by atoms with van der Waals surface area (Å²) in [5.74, 6) is -0.334. The molecule has 0 bridgehead atoms. The lowest BCUT2D eigenvalue weighted by atomic mass is 10.1. The number of carbonyl (C=O) groups excluding carboxylic acids is 1. The first kappa shape index (κ1) is 21.7. The number of thiazole rings is 1. The van der Waals surface area contributed by atoms with E-state index in [0.717, 1.165) is 28.9 Å². The number of urea groups is 1. The Balaban J connectivity index is 1.94. The minimum atomic E-state index is -0.334. The summed E-state index contributed by atoms with van der Waals surface area (Å²) in [5.41, 5.74) is 3.71. The molecule has 158 valence electrons. The van der Waals surface area contributed by atoms with E-state index in [0.29, 0.717) is 18.8 Å². The van der Waals surface area contributed by atoms with Crippen LogP contribution in [-0.4, -0.2) is 35.9 Å². The third-order valence-electron chi connectivity index (χ3n) is 4.55. The molecule has 0 atom stereocenters. The van der Waals surface area contributed by atoms with Gasteiger partial charge in [-0.3, -0.25) is 0 Å². The molecule has 0 radical (unpaired) electrons. The number of aliphatic hydroxyl groups is 1. The van der Waals surface area contributed by atoms with Gasteiger partial charge in [-0.05, 0) is 42.2 Å². The number of rotatable bonds is 8. The number of aryl methyl sites for hydroxylation is 1. The molecule has 3 aromatic rings. The smallest absolute Gasteiger partial charge is 0.314 e. The van der Waals surface area contributed by atoms with Crippen molar-refractivity contribution >= 4 is 23.1 Å². The molecule has 3 rings (SSSR count). The van der Waals surface area contributed by atoms with Crippen LogP contribution in [0, 0.1) is 5.82 Å². The average molecular weight is 429 g/mol. The summed E-state index contributed by atoms with van der Waals surface area (Å²) in [6, 6.07) is 14.1. The van der Waals surface area contributed by atoms with Crippen molar-refractivity contribution in [2.75, 3.05) is 20.2 Å². The largest absolute Gasteiger partial charge is 0.396 e. The first-order valence-electron chi connectivity index (χ1n) is 9.75. The van der Waals surface area contributed by atoms with Crippen LogP contribution in [0.4, 0.5) is 14.9 Å². The van der Waals surface area contributed by atoms with Crippen molar-refractivity contribution in [3.05, 3.63) is 70.1 Å². The van der Waals surface area contributed by atoms with Crippen LogP contribution in [0.3, 0.4) is 0 Å². The Morgan fingerprint density at radius 1 is 1.23 bits per heavy atom. The van der Waals surface area contributed by atoms with E-state index in [2.05, 4.69) is 27.8 Å². The van der Waals surface area contributed by atoms with E-state index in [-0.39, 0.29) is 18.5 Å². The van der Waals surface area contributed by atoms with E-state index in [4.69, 9.17) is 5.11 Å². The number of amides is 2. The lowest BCUT2D eigenvalue weighted by molar-refractivity contribution is 0.242. The Morgan fingerprint density at radius 2 is 2.03 bits per heavy atom. The van der Waals surface area contributed by atoms with Crippen molar-refractivity contribution in [3.8, 4) is 11.3 Å². The number of benzene rings is 2. The predicted octanol–water partition coefficient (Wildman–Crippen LogP) is 3.44. The highest BCUT2D eigenvalue weighted by Crippen LogP contribution is 2.22. The zero-order valence-corrected chi connectivity index (χ0v) is 17.6. The van der Waals surface area contributed by atoms with Crippen LogP contribution in [0.1, 0.15) is 12.0 Å². The molecule has 2 amide bonds. The van der Waals surface area contributed by atoms with Crippen molar-refractivity contribution in [3.63, 3.8) is 0 Å². The highest BCUT2D eigenvalue weighted by molar-refractivity contribution is 7.07. The van der Waals surface area contributed by atoms with E-state index in [1.54, 1.807) is 19.2 Å². The second kappa shape index (κ2) is 10.7. The Labute approximate surface area is 178 Å². The lowest BCUT2D eigenvalue weighted by Crippen LogP contribution is -2.36. The van der Waals surface area contributed by atoms with Crippen molar-refractivity contribution in [2.24, 2.45) is 4.99 Å². The van der Waals surface area contributed by atoms with Crippen LogP contribution in [0.25, 0.3) is 11.3 Å². The van der Waals surface area contributed by atoms with Crippen molar-refractivity contribution in [1.29, 1.82) is 0 Å². The molecule has 8 heteroatoms. The van der Waals surface area contributed by atoms with Crippen LogP contribution in [-0.2, 0) is 13.0 Å². The maximum atomic E-state index is 13.6. The van der Waals surface area contributed by atoms with Gasteiger partial charge in [0, 0.05) is 32.1 Å². The maximum absolute atomic E-state index is 13.6. The summed E-state index contributed by atoms with van der Waals surface area (Å²) in [5, 5.41) is 16.3. The first-order chi connectivity index (χ1) is 14.6. The minimum Gasteiger partial charge on any atom is -0.396 e. The Hall–Kier alpha value is -2.97. The van der Waals surface area contributed by atoms with E-state index < -0.39 is 0 Å². The van der Waals surface area contributed by atoms with Gasteiger partial charge in [-0.2, -0.15) is 0 Å². The van der Waals surface area contributed by atoms with Crippen molar-refractivity contribution in [2.45, 2.75) is 19.4 Å². The van der Waals surface area contributed by atoms with Crippen LogP contribution >= 0.6 is 11.3 Å². The molecule has 6 nitrogen and oxygen atoms in total. The molecule has 3 N–H and O–H groups in total. The van der Waals surface area contributed by atoms with Gasteiger partial charge in [0.25, 0.3) is 0 Å². The number of hydrogen-bond donors (Lipinski definition) is 3. The van der Waals surface area contributed by atoms with Gasteiger partial charge in [0.05, 0.1) is 11.4 Å². The molecule has 30 heavy (non-hydrogen) atoms. The molecule has 2 aromatic carbocycles. The van der Waals surface area contributed by atoms with Gasteiger partial charge in [0.1, 0.15) is 5.82 Å². The third-order valence-corrected chi connectivity index (χ3v) is 5.42. The summed E-state index contributed by atoms with van der Waals surface area (Å²) >= 11 is 1.47. The minimum absolute atomic E-state index is 0.176. The zero-order chi connectivity index (χ0) is 21.3. The highest BCUT2D eigenvalue weighted by atomic mass is 32.1. The zero-order valence-electron chi connectivity index (χ0n) is 16.8. The van der Waals surface area contributed by atoms with Gasteiger partial charge in [0.15, 0.2) is 4.80 Å². The Morgan fingerprint density at radius 3 is 2.73 bits per heavy atom. The first-order valence-corrected chi connectivity index (χ1v) is 10.6. The Bertz CT molecular complexity index is 1040. The van der Waals surface area contributed by atoms with Crippen LogP contribution in [0.15, 0.2) is 58.9 Å². The summed E-state index contributed by atoms with van der Waals surface area (Å²) in [7, 11) is 1.57. The summed E-state index contributed by atoms with van der Waals surface area (Å²) in [4.78, 5) is 16.9. The molecule has 1 aromatic heterocycles. The van der Waals surface area contributed by atoms with Gasteiger partial charge in [-0.25, -0.2) is 14.2 Å². The van der Waals surface area contributed by atoms with E-state index in [9.17, 15) is 9.18 Å². The van der Waals surface area contributed by atoms with Crippen molar-refractivity contribution < 1.29 is 14.3 Å². The topological polar surface area (TPSA) is 78.7 Å². The molecule has 0 fully saturated rings. The number of aliphatic hydroxyl groups excluding tert-OH is 1.